The van der Waals surface area contributed by atoms with Crippen LogP contribution >= 0.6 is 0 Å². The van der Waals surface area contributed by atoms with Crippen molar-refractivity contribution in [3.05, 3.63) is 29.3 Å². The number of unbranched alkanes of at least 4 members (excludes halogenated alkanes) is 1. The molecule has 3 heteroatoms. The van der Waals surface area contributed by atoms with Gasteiger partial charge in [0.25, 0.3) is 5.91 Å². The lowest BCUT2D eigenvalue weighted by Crippen LogP contribution is -2.32. The summed E-state index contributed by atoms with van der Waals surface area (Å²) in [4.78, 5) is 11.9. The summed E-state index contributed by atoms with van der Waals surface area (Å²) >= 11 is 0. The molecule has 1 aromatic rings. The molecule has 1 aromatic carbocycles. The minimum absolute atomic E-state index is 0.0725. The summed E-state index contributed by atoms with van der Waals surface area (Å²) in [6, 6.07) is 5.10. The van der Waals surface area contributed by atoms with Gasteiger partial charge in [-0.3, -0.25) is 4.79 Å². The third kappa shape index (κ3) is 4.10. The van der Waals surface area contributed by atoms with Gasteiger partial charge in [0.1, 0.15) is 5.75 Å². The quantitative estimate of drug-likeness (QED) is 0.824. The number of phenolic OH excluding ortho intramolecular Hbond substituents is 1. The summed E-state index contributed by atoms with van der Waals surface area (Å²) in [6.45, 7) is 5.94. The van der Waals surface area contributed by atoms with E-state index in [0.29, 0.717) is 5.56 Å². The predicted octanol–water partition coefficient (Wildman–Crippen LogP) is 3.01. The zero-order valence-electron chi connectivity index (χ0n) is 10.8. The number of carbonyl (C=O) groups is 1. The summed E-state index contributed by atoms with van der Waals surface area (Å²) in [5, 5.41) is 12.3. The average Bonchev–Trinajstić information content (AvgIpc) is 2.30. The van der Waals surface area contributed by atoms with E-state index >= 15 is 0 Å². The Hall–Kier alpha value is -1.51. The number of amides is 1. The van der Waals surface area contributed by atoms with Gasteiger partial charge >= 0.3 is 0 Å². The molecule has 0 saturated carbocycles. The van der Waals surface area contributed by atoms with E-state index in [4.69, 9.17) is 0 Å². The van der Waals surface area contributed by atoms with Crippen LogP contribution in [0.15, 0.2) is 18.2 Å². The van der Waals surface area contributed by atoms with Crippen molar-refractivity contribution in [3.63, 3.8) is 0 Å². The van der Waals surface area contributed by atoms with Crippen LogP contribution in [0.3, 0.4) is 0 Å². The molecule has 2 N–H and O–H groups in total. The van der Waals surface area contributed by atoms with E-state index in [1.54, 1.807) is 25.1 Å². The summed E-state index contributed by atoms with van der Waals surface area (Å²) in [5.41, 5.74) is 1.32. The maximum Gasteiger partial charge on any atom is 0.251 e. The van der Waals surface area contributed by atoms with Crippen LogP contribution < -0.4 is 5.32 Å². The monoisotopic (exact) mass is 235 g/mol. The number of nitrogens with one attached hydrogen (secondary N) is 1. The van der Waals surface area contributed by atoms with Crippen LogP contribution in [-0.4, -0.2) is 17.1 Å². The third-order valence-electron chi connectivity index (χ3n) is 2.83. The number of carbonyl (C=O) groups excluding carboxylic acids is 1. The lowest BCUT2D eigenvalue weighted by atomic mass is 10.1. The van der Waals surface area contributed by atoms with Crippen molar-refractivity contribution in [1.82, 2.24) is 5.32 Å². The number of hydrogen-bond acceptors (Lipinski definition) is 2. The summed E-state index contributed by atoms with van der Waals surface area (Å²) in [6.07, 6.45) is 3.26. The minimum atomic E-state index is -0.0725. The van der Waals surface area contributed by atoms with Crippen LogP contribution in [0, 0.1) is 6.92 Å². The number of aromatic hydroxyl groups is 1. The first-order valence-electron chi connectivity index (χ1n) is 6.15. The molecular formula is C14H21NO2. The molecular weight excluding hydrogens is 214 g/mol. The maximum absolute atomic E-state index is 11.9. The highest BCUT2D eigenvalue weighted by Crippen LogP contribution is 2.17. The highest BCUT2D eigenvalue weighted by Gasteiger charge is 2.10. The molecule has 1 amide bonds. The fourth-order valence-electron chi connectivity index (χ4n) is 1.69. The molecule has 0 bridgehead atoms. The van der Waals surface area contributed by atoms with Gasteiger partial charge in [0.2, 0.25) is 0 Å². The Labute approximate surface area is 103 Å². The fourth-order valence-corrected chi connectivity index (χ4v) is 1.69. The van der Waals surface area contributed by atoms with Gasteiger partial charge in [-0.25, -0.2) is 0 Å². The van der Waals surface area contributed by atoms with E-state index in [-0.39, 0.29) is 17.7 Å². The Balaban J connectivity index is 2.60. The molecule has 0 aromatic heterocycles. The molecule has 0 heterocycles. The van der Waals surface area contributed by atoms with Crippen molar-refractivity contribution in [2.75, 3.05) is 0 Å². The van der Waals surface area contributed by atoms with E-state index in [0.717, 1.165) is 24.8 Å². The van der Waals surface area contributed by atoms with Crippen LogP contribution in [0.1, 0.15) is 49.0 Å². The van der Waals surface area contributed by atoms with Gasteiger partial charge in [-0.05, 0) is 44.0 Å². The third-order valence-corrected chi connectivity index (χ3v) is 2.83. The number of phenols is 1. The van der Waals surface area contributed by atoms with Crippen molar-refractivity contribution < 1.29 is 9.90 Å². The van der Waals surface area contributed by atoms with Gasteiger partial charge in [0.05, 0.1) is 0 Å². The molecule has 1 unspecified atom stereocenters. The van der Waals surface area contributed by atoms with Crippen molar-refractivity contribution in [2.45, 2.75) is 46.1 Å². The lowest BCUT2D eigenvalue weighted by Gasteiger charge is -2.13. The summed E-state index contributed by atoms with van der Waals surface area (Å²) in [7, 11) is 0. The molecule has 0 aliphatic rings. The van der Waals surface area contributed by atoms with E-state index in [9.17, 15) is 9.90 Å². The topological polar surface area (TPSA) is 49.3 Å². The Morgan fingerprint density at radius 3 is 2.76 bits per heavy atom. The molecule has 1 rings (SSSR count). The van der Waals surface area contributed by atoms with E-state index in [2.05, 4.69) is 12.2 Å². The largest absolute Gasteiger partial charge is 0.508 e. The zero-order chi connectivity index (χ0) is 12.8. The predicted molar refractivity (Wildman–Crippen MR) is 69.3 cm³/mol. The van der Waals surface area contributed by atoms with Gasteiger partial charge in [-0.15, -0.1) is 0 Å². The van der Waals surface area contributed by atoms with Crippen molar-refractivity contribution in [1.29, 1.82) is 0 Å². The van der Waals surface area contributed by atoms with Gasteiger partial charge in [-0.2, -0.15) is 0 Å². The minimum Gasteiger partial charge on any atom is -0.508 e. The zero-order valence-corrected chi connectivity index (χ0v) is 10.8. The van der Waals surface area contributed by atoms with Crippen LogP contribution in [0.5, 0.6) is 5.75 Å². The number of aryl methyl sites for hydroxylation is 1. The van der Waals surface area contributed by atoms with Crippen LogP contribution in [0.4, 0.5) is 0 Å². The molecule has 3 nitrogen and oxygen atoms in total. The maximum atomic E-state index is 11.9. The van der Waals surface area contributed by atoms with E-state index in [1.807, 2.05) is 6.92 Å². The second-order valence-electron chi connectivity index (χ2n) is 4.52. The van der Waals surface area contributed by atoms with Gasteiger partial charge in [0.15, 0.2) is 0 Å². The average molecular weight is 235 g/mol. The molecule has 1 atom stereocenters. The first-order valence-corrected chi connectivity index (χ1v) is 6.15. The summed E-state index contributed by atoms with van der Waals surface area (Å²) in [5.74, 6) is 0.150. The molecule has 0 spiro atoms. The van der Waals surface area contributed by atoms with Crippen LogP contribution in [-0.2, 0) is 0 Å². The smallest absolute Gasteiger partial charge is 0.251 e. The molecule has 0 radical (unpaired) electrons. The first kappa shape index (κ1) is 13.6. The highest BCUT2D eigenvalue weighted by molar-refractivity contribution is 5.94. The Kier molecular flexibility index (Phi) is 5.01. The Morgan fingerprint density at radius 1 is 1.47 bits per heavy atom. The normalized spacial score (nSPS) is 12.2. The standard InChI is InChI=1S/C14H21NO2/c1-4-5-6-11(3)15-14(17)12-7-8-13(16)10(2)9-12/h7-9,11,16H,4-6H2,1-3H3,(H,15,17). The summed E-state index contributed by atoms with van der Waals surface area (Å²) < 4.78 is 0. The van der Waals surface area contributed by atoms with Crippen LogP contribution in [0.25, 0.3) is 0 Å². The molecule has 0 fully saturated rings. The molecule has 0 aliphatic heterocycles. The molecule has 0 aliphatic carbocycles. The lowest BCUT2D eigenvalue weighted by molar-refractivity contribution is 0.0938. The molecule has 17 heavy (non-hydrogen) atoms. The van der Waals surface area contributed by atoms with Crippen LogP contribution in [0.2, 0.25) is 0 Å². The van der Waals surface area contributed by atoms with E-state index < -0.39 is 0 Å². The Morgan fingerprint density at radius 2 is 2.18 bits per heavy atom. The first-order chi connectivity index (χ1) is 8.04. The SMILES string of the molecule is CCCCC(C)NC(=O)c1ccc(O)c(C)c1. The molecule has 0 saturated heterocycles. The second kappa shape index (κ2) is 6.28. The van der Waals surface area contributed by atoms with Gasteiger partial charge in [0, 0.05) is 11.6 Å². The van der Waals surface area contributed by atoms with Crippen molar-refractivity contribution in [3.8, 4) is 5.75 Å². The second-order valence-corrected chi connectivity index (χ2v) is 4.52. The van der Waals surface area contributed by atoms with E-state index in [1.165, 1.54) is 0 Å². The number of rotatable bonds is 5. The number of benzene rings is 1. The van der Waals surface area contributed by atoms with Gasteiger partial charge in [-0.1, -0.05) is 19.8 Å². The molecule has 94 valence electrons. The fraction of sp³-hybridized carbons (Fsp3) is 0.500. The van der Waals surface area contributed by atoms with Crippen molar-refractivity contribution >= 4 is 5.91 Å². The van der Waals surface area contributed by atoms with Gasteiger partial charge < -0.3 is 10.4 Å². The highest BCUT2D eigenvalue weighted by atomic mass is 16.3. The Bertz CT molecular complexity index is 388. The number of hydrogen-bond donors (Lipinski definition) is 2. The van der Waals surface area contributed by atoms with Crippen molar-refractivity contribution in [2.24, 2.45) is 0 Å².